The van der Waals surface area contributed by atoms with Crippen LogP contribution in [-0.2, 0) is 13.2 Å². The summed E-state index contributed by atoms with van der Waals surface area (Å²) in [6, 6.07) is 17.6. The topological polar surface area (TPSA) is 56.1 Å². The number of hydrogen-bond acceptors (Lipinski definition) is 4. The molecule has 0 bridgehead atoms. The fourth-order valence-electron chi connectivity index (χ4n) is 2.94. The SMILES string of the molecule is Cc1cccc(OCc2csc(C(=O)Nc3ccc(Cn4cc(Br)cn4)cc3)c2)c1. The number of aromatic nitrogens is 2. The molecule has 4 rings (SSSR count). The first-order valence-electron chi connectivity index (χ1n) is 9.40. The number of aryl methyl sites for hydroxylation is 1. The first-order valence-corrected chi connectivity index (χ1v) is 11.1. The number of anilines is 1. The van der Waals surface area contributed by atoms with Gasteiger partial charge in [0.25, 0.3) is 5.91 Å². The molecule has 0 atom stereocenters. The van der Waals surface area contributed by atoms with Gasteiger partial charge in [0.2, 0.25) is 0 Å². The summed E-state index contributed by atoms with van der Waals surface area (Å²) >= 11 is 4.81. The Bertz CT molecular complexity index is 1150. The van der Waals surface area contributed by atoms with Crippen molar-refractivity contribution in [3.8, 4) is 5.75 Å². The van der Waals surface area contributed by atoms with Gasteiger partial charge in [0, 0.05) is 17.4 Å². The van der Waals surface area contributed by atoms with Gasteiger partial charge in [-0.3, -0.25) is 9.48 Å². The number of thiophene rings is 1. The second-order valence-electron chi connectivity index (χ2n) is 6.93. The lowest BCUT2D eigenvalue weighted by Gasteiger charge is -2.06. The van der Waals surface area contributed by atoms with Gasteiger partial charge < -0.3 is 10.1 Å². The Balaban J connectivity index is 1.32. The van der Waals surface area contributed by atoms with Crippen LogP contribution in [0.15, 0.2) is 76.8 Å². The van der Waals surface area contributed by atoms with E-state index in [4.69, 9.17) is 4.74 Å². The van der Waals surface area contributed by atoms with Crippen LogP contribution >= 0.6 is 27.3 Å². The molecule has 30 heavy (non-hydrogen) atoms. The molecule has 0 radical (unpaired) electrons. The molecule has 0 aliphatic rings. The molecule has 152 valence electrons. The van der Waals surface area contributed by atoms with E-state index in [9.17, 15) is 4.79 Å². The maximum atomic E-state index is 12.6. The van der Waals surface area contributed by atoms with E-state index in [0.717, 1.165) is 32.6 Å². The number of halogens is 1. The van der Waals surface area contributed by atoms with Crippen molar-refractivity contribution in [1.82, 2.24) is 9.78 Å². The maximum Gasteiger partial charge on any atom is 0.265 e. The smallest absolute Gasteiger partial charge is 0.265 e. The van der Waals surface area contributed by atoms with E-state index < -0.39 is 0 Å². The molecule has 0 unspecified atom stereocenters. The molecule has 5 nitrogen and oxygen atoms in total. The lowest BCUT2D eigenvalue weighted by molar-refractivity contribution is 0.103. The average Bonchev–Trinajstić information content (AvgIpc) is 3.37. The van der Waals surface area contributed by atoms with Crippen molar-refractivity contribution in [2.75, 3.05) is 5.32 Å². The van der Waals surface area contributed by atoms with Crippen molar-refractivity contribution < 1.29 is 9.53 Å². The predicted molar refractivity (Wildman–Crippen MR) is 123 cm³/mol. The van der Waals surface area contributed by atoms with Crippen LogP contribution in [0.1, 0.15) is 26.4 Å². The molecule has 1 amide bonds. The Morgan fingerprint density at radius 1 is 1.17 bits per heavy atom. The Morgan fingerprint density at radius 2 is 2.00 bits per heavy atom. The third kappa shape index (κ3) is 5.37. The molecule has 1 N–H and O–H groups in total. The molecule has 4 aromatic rings. The fourth-order valence-corrected chi connectivity index (χ4v) is 4.06. The van der Waals surface area contributed by atoms with E-state index in [1.807, 2.05) is 77.8 Å². The Morgan fingerprint density at radius 3 is 2.73 bits per heavy atom. The van der Waals surface area contributed by atoms with Crippen LogP contribution in [-0.4, -0.2) is 15.7 Å². The molecule has 0 aliphatic heterocycles. The van der Waals surface area contributed by atoms with Crippen LogP contribution in [0.2, 0.25) is 0 Å². The molecule has 0 saturated carbocycles. The van der Waals surface area contributed by atoms with Gasteiger partial charge in [-0.1, -0.05) is 24.3 Å². The molecule has 2 aromatic carbocycles. The van der Waals surface area contributed by atoms with Crippen molar-refractivity contribution in [1.29, 1.82) is 0 Å². The summed E-state index contributed by atoms with van der Waals surface area (Å²) in [4.78, 5) is 13.2. The van der Waals surface area contributed by atoms with Crippen LogP contribution in [0.5, 0.6) is 5.75 Å². The minimum atomic E-state index is -0.120. The van der Waals surface area contributed by atoms with Crippen LogP contribution in [0.25, 0.3) is 0 Å². The summed E-state index contributed by atoms with van der Waals surface area (Å²) in [5.41, 5.74) is 4.00. The number of carbonyl (C=O) groups excluding carboxylic acids is 1. The Hall–Kier alpha value is -2.90. The van der Waals surface area contributed by atoms with E-state index >= 15 is 0 Å². The van der Waals surface area contributed by atoms with Crippen molar-refractivity contribution in [2.45, 2.75) is 20.1 Å². The zero-order chi connectivity index (χ0) is 20.9. The Kier molecular flexibility index (Phi) is 6.30. The third-order valence-corrected chi connectivity index (χ3v) is 5.82. The monoisotopic (exact) mass is 481 g/mol. The standard InChI is InChI=1S/C23H20BrN3O2S/c1-16-3-2-4-21(9-16)29-14-18-10-22(30-15-18)23(28)26-20-7-5-17(6-8-20)12-27-13-19(24)11-25-27/h2-11,13,15H,12,14H2,1H3,(H,26,28). The van der Waals surface area contributed by atoms with Gasteiger partial charge in [0.15, 0.2) is 0 Å². The van der Waals surface area contributed by atoms with Crippen LogP contribution in [0.4, 0.5) is 5.69 Å². The highest BCUT2D eigenvalue weighted by atomic mass is 79.9. The molecule has 2 heterocycles. The van der Waals surface area contributed by atoms with Crippen LogP contribution < -0.4 is 10.1 Å². The molecule has 0 saturated heterocycles. The minimum Gasteiger partial charge on any atom is -0.489 e. The molecule has 0 aliphatic carbocycles. The quantitative estimate of drug-likeness (QED) is 0.357. The van der Waals surface area contributed by atoms with Crippen molar-refractivity contribution in [3.05, 3.63) is 98.4 Å². The van der Waals surface area contributed by atoms with Gasteiger partial charge in [-0.25, -0.2) is 0 Å². The summed E-state index contributed by atoms with van der Waals surface area (Å²) in [7, 11) is 0. The zero-order valence-corrected chi connectivity index (χ0v) is 18.7. The summed E-state index contributed by atoms with van der Waals surface area (Å²) in [6.07, 6.45) is 3.68. The van der Waals surface area contributed by atoms with E-state index in [1.54, 1.807) is 6.20 Å². The lowest BCUT2D eigenvalue weighted by atomic mass is 10.2. The van der Waals surface area contributed by atoms with Crippen molar-refractivity contribution in [3.63, 3.8) is 0 Å². The second-order valence-corrected chi connectivity index (χ2v) is 8.76. The van der Waals surface area contributed by atoms with Crippen molar-refractivity contribution in [2.24, 2.45) is 0 Å². The number of benzene rings is 2. The summed E-state index contributed by atoms with van der Waals surface area (Å²) < 4.78 is 8.61. The van der Waals surface area contributed by atoms with Gasteiger partial charge in [-0.2, -0.15) is 5.10 Å². The van der Waals surface area contributed by atoms with Gasteiger partial charge in [0.1, 0.15) is 12.4 Å². The summed E-state index contributed by atoms with van der Waals surface area (Å²) in [5.74, 6) is 0.709. The Labute approximate surface area is 187 Å². The molecular formula is C23H20BrN3O2S. The number of hydrogen-bond donors (Lipinski definition) is 1. The highest BCUT2D eigenvalue weighted by Crippen LogP contribution is 2.20. The average molecular weight is 482 g/mol. The van der Waals surface area contributed by atoms with Gasteiger partial charge in [-0.15, -0.1) is 11.3 Å². The highest BCUT2D eigenvalue weighted by molar-refractivity contribution is 9.10. The normalized spacial score (nSPS) is 10.7. The number of rotatable bonds is 7. The minimum absolute atomic E-state index is 0.120. The largest absolute Gasteiger partial charge is 0.489 e. The second kappa shape index (κ2) is 9.28. The summed E-state index contributed by atoms with van der Waals surface area (Å²) in [5, 5.41) is 9.16. The molecule has 7 heteroatoms. The number of nitrogens with zero attached hydrogens (tertiary/aromatic N) is 2. The number of amides is 1. The van der Waals surface area contributed by atoms with E-state index in [2.05, 4.69) is 26.3 Å². The van der Waals surface area contributed by atoms with Gasteiger partial charge in [-0.05, 0) is 69.7 Å². The number of carbonyl (C=O) groups is 1. The molecule has 0 spiro atoms. The van der Waals surface area contributed by atoms with Crippen LogP contribution in [0.3, 0.4) is 0 Å². The van der Waals surface area contributed by atoms with E-state index in [0.29, 0.717) is 18.0 Å². The molecule has 2 aromatic heterocycles. The number of ether oxygens (including phenoxy) is 1. The highest BCUT2D eigenvalue weighted by Gasteiger charge is 2.10. The summed E-state index contributed by atoms with van der Waals surface area (Å²) in [6.45, 7) is 3.14. The number of nitrogens with one attached hydrogen (secondary N) is 1. The van der Waals surface area contributed by atoms with Gasteiger partial charge >= 0.3 is 0 Å². The molecule has 0 fully saturated rings. The predicted octanol–water partition coefficient (Wildman–Crippen LogP) is 5.90. The molecular weight excluding hydrogens is 462 g/mol. The van der Waals surface area contributed by atoms with E-state index in [-0.39, 0.29) is 5.91 Å². The first-order chi connectivity index (χ1) is 14.5. The van der Waals surface area contributed by atoms with Crippen LogP contribution in [0, 0.1) is 6.92 Å². The van der Waals surface area contributed by atoms with Crippen molar-refractivity contribution >= 4 is 38.9 Å². The van der Waals surface area contributed by atoms with E-state index in [1.165, 1.54) is 11.3 Å². The first kappa shape index (κ1) is 20.4. The maximum absolute atomic E-state index is 12.6. The third-order valence-electron chi connectivity index (χ3n) is 4.43. The fraction of sp³-hybridized carbons (Fsp3) is 0.130. The van der Waals surface area contributed by atoms with Gasteiger partial charge in [0.05, 0.1) is 22.1 Å². The zero-order valence-electron chi connectivity index (χ0n) is 16.3. The lowest BCUT2D eigenvalue weighted by Crippen LogP contribution is -2.10.